The summed E-state index contributed by atoms with van der Waals surface area (Å²) in [6, 6.07) is 3.10. The monoisotopic (exact) mass is 437 g/mol. The number of amides is 2. The molecule has 0 aromatic heterocycles. The van der Waals surface area contributed by atoms with Crippen molar-refractivity contribution in [3.8, 4) is 0 Å². The van der Waals surface area contributed by atoms with Crippen molar-refractivity contribution in [1.29, 1.82) is 0 Å². The van der Waals surface area contributed by atoms with Gasteiger partial charge in [-0.05, 0) is 56.4 Å². The second-order valence-electron chi connectivity index (χ2n) is 8.41. The molecular weight excluding hydrogens is 402 g/mol. The molecule has 1 aromatic rings. The highest BCUT2D eigenvalue weighted by Crippen LogP contribution is 2.30. The molecule has 2 amide bonds. The van der Waals surface area contributed by atoms with Crippen molar-refractivity contribution in [3.63, 3.8) is 0 Å². The van der Waals surface area contributed by atoms with Crippen molar-refractivity contribution in [3.05, 3.63) is 28.8 Å². The molecule has 2 N–H and O–H groups in total. The minimum atomic E-state index is -3.69. The van der Waals surface area contributed by atoms with Gasteiger partial charge in [0.05, 0.1) is 4.90 Å². The third-order valence-corrected chi connectivity index (χ3v) is 7.89. The van der Waals surface area contributed by atoms with Gasteiger partial charge in [-0.1, -0.05) is 32.6 Å². The Morgan fingerprint density at radius 1 is 1.10 bits per heavy atom. The molecule has 1 saturated carbocycles. The Hall–Kier alpha value is -1.93. The zero-order valence-corrected chi connectivity index (χ0v) is 19.6. The summed E-state index contributed by atoms with van der Waals surface area (Å²) in [6.45, 7) is 6.16. The molecule has 2 rings (SSSR count). The molecule has 0 aliphatic heterocycles. The zero-order chi connectivity index (χ0) is 22.5. The smallest absolute Gasteiger partial charge is 0.252 e. The predicted molar refractivity (Wildman–Crippen MR) is 118 cm³/mol. The molecule has 30 heavy (non-hydrogen) atoms. The normalized spacial score (nSPS) is 16.3. The maximum Gasteiger partial charge on any atom is 0.252 e. The van der Waals surface area contributed by atoms with Crippen LogP contribution in [0.2, 0.25) is 0 Å². The Kier molecular flexibility index (Phi) is 8.05. The minimum absolute atomic E-state index is 0.114. The molecule has 8 heteroatoms. The minimum Gasteiger partial charge on any atom is -0.354 e. The quantitative estimate of drug-likeness (QED) is 0.611. The van der Waals surface area contributed by atoms with Gasteiger partial charge in [0.2, 0.25) is 15.9 Å². The first-order chi connectivity index (χ1) is 14.0. The fourth-order valence-corrected chi connectivity index (χ4v) is 5.04. The fraction of sp³-hybridized carbons (Fsp3) is 0.636. The number of hydrogen-bond donors (Lipinski definition) is 2. The first-order valence-electron chi connectivity index (χ1n) is 10.7. The van der Waals surface area contributed by atoms with Gasteiger partial charge in [0.25, 0.3) is 5.91 Å². The lowest BCUT2D eigenvalue weighted by atomic mass is 9.80. The molecule has 0 radical (unpaired) electrons. The summed E-state index contributed by atoms with van der Waals surface area (Å²) in [5.74, 6) is -0.560. The summed E-state index contributed by atoms with van der Waals surface area (Å²) in [7, 11) is -0.758. The number of hydrogen-bond acceptors (Lipinski definition) is 4. The standard InChI is InChI=1S/C22H35N3O4S/c1-6-7-13-23-21(27)22(11-9-8-10-12-22)24-20(26)18-14-16(2)17(3)19(15-18)30(28,29)25(4)5/h14-15H,6-13H2,1-5H3,(H,23,27)(H,24,26). The lowest BCUT2D eigenvalue weighted by molar-refractivity contribution is -0.128. The Morgan fingerprint density at radius 3 is 2.30 bits per heavy atom. The number of benzene rings is 1. The molecule has 0 atom stereocenters. The molecular formula is C22H35N3O4S. The van der Waals surface area contributed by atoms with Gasteiger partial charge in [-0.2, -0.15) is 0 Å². The Labute approximate surface area is 180 Å². The molecule has 0 saturated heterocycles. The van der Waals surface area contributed by atoms with E-state index in [-0.39, 0.29) is 16.4 Å². The van der Waals surface area contributed by atoms with Gasteiger partial charge in [0, 0.05) is 26.2 Å². The topological polar surface area (TPSA) is 95.6 Å². The summed E-state index contributed by atoms with van der Waals surface area (Å²) >= 11 is 0. The van der Waals surface area contributed by atoms with E-state index in [0.717, 1.165) is 36.4 Å². The fourth-order valence-electron chi connectivity index (χ4n) is 3.82. The van der Waals surface area contributed by atoms with E-state index in [9.17, 15) is 18.0 Å². The van der Waals surface area contributed by atoms with Gasteiger partial charge in [-0.25, -0.2) is 12.7 Å². The van der Waals surface area contributed by atoms with Crippen molar-refractivity contribution in [2.45, 2.75) is 76.2 Å². The number of sulfonamides is 1. The van der Waals surface area contributed by atoms with Gasteiger partial charge in [-0.15, -0.1) is 0 Å². The molecule has 0 heterocycles. The highest BCUT2D eigenvalue weighted by atomic mass is 32.2. The Morgan fingerprint density at radius 2 is 1.73 bits per heavy atom. The van der Waals surface area contributed by atoms with Crippen LogP contribution in [0, 0.1) is 13.8 Å². The van der Waals surface area contributed by atoms with Crippen LogP contribution in [0.3, 0.4) is 0 Å². The number of unbranched alkanes of at least 4 members (excludes halogenated alkanes) is 1. The Bertz CT molecular complexity index is 888. The summed E-state index contributed by atoms with van der Waals surface area (Å²) in [5, 5.41) is 5.94. The van der Waals surface area contributed by atoms with Gasteiger partial charge in [0.1, 0.15) is 5.54 Å². The van der Waals surface area contributed by atoms with Crippen molar-refractivity contribution < 1.29 is 18.0 Å². The average molecular weight is 438 g/mol. The maximum absolute atomic E-state index is 13.2. The van der Waals surface area contributed by atoms with Crippen molar-refractivity contribution in [2.75, 3.05) is 20.6 Å². The van der Waals surface area contributed by atoms with E-state index in [2.05, 4.69) is 17.6 Å². The molecule has 0 spiro atoms. The molecule has 1 fully saturated rings. The van der Waals surface area contributed by atoms with Gasteiger partial charge >= 0.3 is 0 Å². The molecule has 7 nitrogen and oxygen atoms in total. The molecule has 168 valence electrons. The molecule has 0 bridgehead atoms. The maximum atomic E-state index is 13.2. The number of carbonyl (C=O) groups excluding carboxylic acids is 2. The van der Waals surface area contributed by atoms with Crippen molar-refractivity contribution in [2.24, 2.45) is 0 Å². The highest BCUT2D eigenvalue weighted by Gasteiger charge is 2.41. The van der Waals surface area contributed by atoms with Crippen LogP contribution in [-0.4, -0.2) is 50.7 Å². The average Bonchev–Trinajstić information content (AvgIpc) is 2.70. The van der Waals surface area contributed by atoms with E-state index in [0.29, 0.717) is 30.5 Å². The van der Waals surface area contributed by atoms with Gasteiger partial charge in [-0.3, -0.25) is 9.59 Å². The van der Waals surface area contributed by atoms with E-state index in [1.165, 1.54) is 20.2 Å². The van der Waals surface area contributed by atoms with E-state index < -0.39 is 21.5 Å². The number of rotatable bonds is 8. The first kappa shape index (κ1) is 24.3. The van der Waals surface area contributed by atoms with Gasteiger partial charge < -0.3 is 10.6 Å². The van der Waals surface area contributed by atoms with Crippen molar-refractivity contribution in [1.82, 2.24) is 14.9 Å². The Balaban J connectivity index is 2.36. The molecule has 1 aliphatic carbocycles. The van der Waals surface area contributed by atoms with Crippen molar-refractivity contribution >= 4 is 21.8 Å². The third-order valence-electron chi connectivity index (χ3n) is 5.95. The third kappa shape index (κ3) is 5.21. The van der Waals surface area contributed by atoms with Crippen LogP contribution in [-0.2, 0) is 14.8 Å². The van der Waals surface area contributed by atoms with E-state index >= 15 is 0 Å². The second kappa shape index (κ2) is 9.92. The van der Waals surface area contributed by atoms with Gasteiger partial charge in [0.15, 0.2) is 0 Å². The molecule has 1 aliphatic rings. The number of aryl methyl sites for hydroxylation is 1. The van der Waals surface area contributed by atoms with Crippen LogP contribution in [0.4, 0.5) is 0 Å². The summed E-state index contributed by atoms with van der Waals surface area (Å²) in [6.07, 6.45) is 5.82. The van der Waals surface area contributed by atoms with Crippen LogP contribution in [0.25, 0.3) is 0 Å². The largest absolute Gasteiger partial charge is 0.354 e. The lowest BCUT2D eigenvalue weighted by Crippen LogP contribution is -2.59. The molecule has 1 aromatic carbocycles. The lowest BCUT2D eigenvalue weighted by Gasteiger charge is -2.36. The van der Waals surface area contributed by atoms with E-state index in [1.54, 1.807) is 19.9 Å². The summed E-state index contributed by atoms with van der Waals surface area (Å²) in [5.41, 5.74) is 0.644. The van der Waals surface area contributed by atoms with Crippen LogP contribution in [0.15, 0.2) is 17.0 Å². The summed E-state index contributed by atoms with van der Waals surface area (Å²) < 4.78 is 26.6. The highest BCUT2D eigenvalue weighted by molar-refractivity contribution is 7.89. The number of carbonyl (C=O) groups is 2. The van der Waals surface area contributed by atoms with Crippen LogP contribution >= 0.6 is 0 Å². The second-order valence-corrected chi connectivity index (χ2v) is 10.5. The predicted octanol–water partition coefficient (Wildman–Crippen LogP) is 2.90. The zero-order valence-electron chi connectivity index (χ0n) is 18.8. The summed E-state index contributed by atoms with van der Waals surface area (Å²) in [4.78, 5) is 26.2. The first-order valence-corrected chi connectivity index (χ1v) is 12.1. The van der Waals surface area contributed by atoms with Crippen LogP contribution in [0.5, 0.6) is 0 Å². The van der Waals surface area contributed by atoms with Crippen LogP contribution in [0.1, 0.15) is 73.4 Å². The SMILES string of the molecule is CCCCNC(=O)C1(NC(=O)c2cc(C)c(C)c(S(=O)(=O)N(C)C)c2)CCCCC1. The van der Waals surface area contributed by atoms with Crippen LogP contribution < -0.4 is 10.6 Å². The van der Waals surface area contributed by atoms with E-state index in [1.807, 2.05) is 0 Å². The number of nitrogens with zero attached hydrogens (tertiary/aromatic N) is 1. The van der Waals surface area contributed by atoms with E-state index in [4.69, 9.17) is 0 Å². The molecule has 0 unspecified atom stereocenters. The number of nitrogens with one attached hydrogen (secondary N) is 2.